The maximum absolute atomic E-state index is 10.7. The number of carbonyl (C=O) groups excluding carboxylic acids is 1. The first-order valence-corrected chi connectivity index (χ1v) is 4.71. The fourth-order valence-corrected chi connectivity index (χ4v) is 1.17. The highest BCUT2D eigenvalue weighted by atomic mass is 16.5. The van der Waals surface area contributed by atoms with Crippen LogP contribution in [0.3, 0.4) is 0 Å². The second kappa shape index (κ2) is 5.98. The summed E-state index contributed by atoms with van der Waals surface area (Å²) < 4.78 is 4.43. The monoisotopic (exact) mass is 206 g/mol. The van der Waals surface area contributed by atoms with Gasteiger partial charge in [0, 0.05) is 6.08 Å². The molecule has 0 unspecified atom stereocenters. The van der Waals surface area contributed by atoms with E-state index in [9.17, 15) is 9.90 Å². The molecule has 0 radical (unpaired) electrons. The van der Waals surface area contributed by atoms with Crippen LogP contribution < -0.4 is 0 Å². The third-order valence-electron chi connectivity index (χ3n) is 2.00. The highest BCUT2D eigenvalue weighted by molar-refractivity contribution is 5.81. The zero-order chi connectivity index (χ0) is 11.1. The minimum absolute atomic E-state index is 0.402. The van der Waals surface area contributed by atoms with Gasteiger partial charge in [-0.05, 0) is 12.0 Å². The van der Waals surface area contributed by atoms with E-state index in [0.717, 1.165) is 5.56 Å². The number of hydrogen-bond acceptors (Lipinski definition) is 3. The van der Waals surface area contributed by atoms with Crippen LogP contribution >= 0.6 is 0 Å². The van der Waals surface area contributed by atoms with E-state index in [1.54, 1.807) is 6.08 Å². The second-order valence-electron chi connectivity index (χ2n) is 3.09. The van der Waals surface area contributed by atoms with Crippen LogP contribution in [0, 0.1) is 0 Å². The Morgan fingerprint density at radius 2 is 2.13 bits per heavy atom. The van der Waals surface area contributed by atoms with E-state index < -0.39 is 12.1 Å². The molecule has 0 aliphatic carbocycles. The van der Waals surface area contributed by atoms with Crippen LogP contribution in [0.1, 0.15) is 18.1 Å². The summed E-state index contributed by atoms with van der Waals surface area (Å²) in [5.41, 5.74) is 0.840. The average Bonchev–Trinajstić information content (AvgIpc) is 2.29. The highest BCUT2D eigenvalue weighted by Gasteiger charge is 2.03. The van der Waals surface area contributed by atoms with Gasteiger partial charge in [0.25, 0.3) is 0 Å². The number of aliphatic hydroxyl groups excluding tert-OH is 1. The molecule has 0 bridgehead atoms. The molecule has 0 saturated heterocycles. The number of hydrogen-bond donors (Lipinski definition) is 1. The molecule has 0 spiro atoms. The fourth-order valence-electron chi connectivity index (χ4n) is 1.17. The van der Waals surface area contributed by atoms with E-state index in [4.69, 9.17) is 0 Å². The topological polar surface area (TPSA) is 46.5 Å². The molecule has 0 aliphatic rings. The van der Waals surface area contributed by atoms with Crippen molar-refractivity contribution >= 4 is 5.97 Å². The number of aliphatic hydroxyl groups is 1. The number of carbonyl (C=O) groups is 1. The van der Waals surface area contributed by atoms with Gasteiger partial charge in [-0.3, -0.25) is 0 Å². The second-order valence-corrected chi connectivity index (χ2v) is 3.09. The van der Waals surface area contributed by atoms with Crippen LogP contribution in [0.15, 0.2) is 42.5 Å². The maximum Gasteiger partial charge on any atom is 0.330 e. The minimum Gasteiger partial charge on any atom is -0.466 e. The molecule has 1 N–H and O–H groups in total. The molecule has 1 rings (SSSR count). The van der Waals surface area contributed by atoms with Gasteiger partial charge in [-0.15, -0.1) is 0 Å². The van der Waals surface area contributed by atoms with Gasteiger partial charge in [0.15, 0.2) is 0 Å². The summed E-state index contributed by atoms with van der Waals surface area (Å²) in [7, 11) is 1.32. The largest absolute Gasteiger partial charge is 0.466 e. The van der Waals surface area contributed by atoms with Crippen molar-refractivity contribution < 1.29 is 14.6 Å². The number of benzene rings is 1. The molecule has 80 valence electrons. The Morgan fingerprint density at radius 1 is 1.47 bits per heavy atom. The van der Waals surface area contributed by atoms with Gasteiger partial charge in [-0.1, -0.05) is 36.4 Å². The van der Waals surface area contributed by atoms with Crippen molar-refractivity contribution in [2.75, 3.05) is 7.11 Å². The molecule has 3 nitrogen and oxygen atoms in total. The predicted molar refractivity (Wildman–Crippen MR) is 57.2 cm³/mol. The van der Waals surface area contributed by atoms with Gasteiger partial charge in [0.2, 0.25) is 0 Å². The van der Waals surface area contributed by atoms with Crippen molar-refractivity contribution in [1.29, 1.82) is 0 Å². The minimum atomic E-state index is -0.577. The van der Waals surface area contributed by atoms with Crippen molar-refractivity contribution in [2.24, 2.45) is 0 Å². The lowest BCUT2D eigenvalue weighted by Crippen LogP contribution is -1.97. The Balaban J connectivity index is 2.47. The first-order chi connectivity index (χ1) is 7.24. The zero-order valence-corrected chi connectivity index (χ0v) is 8.59. The highest BCUT2D eigenvalue weighted by Crippen LogP contribution is 2.15. The van der Waals surface area contributed by atoms with Crippen LogP contribution in [0.25, 0.3) is 0 Å². The van der Waals surface area contributed by atoms with Crippen LogP contribution in [0.5, 0.6) is 0 Å². The molecule has 1 atom stereocenters. The lowest BCUT2D eigenvalue weighted by Gasteiger charge is -2.07. The van der Waals surface area contributed by atoms with E-state index in [2.05, 4.69) is 4.74 Å². The SMILES string of the molecule is COC(=O)/C=C/C[C@@H](O)c1ccccc1. The molecule has 15 heavy (non-hydrogen) atoms. The molecule has 0 amide bonds. The van der Waals surface area contributed by atoms with Crippen molar-refractivity contribution in [3.05, 3.63) is 48.0 Å². The Hall–Kier alpha value is -1.61. The van der Waals surface area contributed by atoms with Crippen LogP contribution in [-0.4, -0.2) is 18.2 Å². The van der Waals surface area contributed by atoms with Gasteiger partial charge < -0.3 is 9.84 Å². The molecule has 0 fully saturated rings. The van der Waals surface area contributed by atoms with Crippen LogP contribution in [0.2, 0.25) is 0 Å². The summed E-state index contributed by atoms with van der Waals surface area (Å²) in [4.78, 5) is 10.7. The standard InChI is InChI=1S/C12H14O3/c1-15-12(14)9-5-8-11(13)10-6-3-2-4-7-10/h2-7,9,11,13H,8H2,1H3/b9-5+/t11-/m1/s1. The number of rotatable bonds is 4. The summed E-state index contributed by atoms with van der Waals surface area (Å²) in [6, 6.07) is 9.30. The van der Waals surface area contributed by atoms with E-state index in [0.29, 0.717) is 6.42 Å². The molecule has 0 heterocycles. The van der Waals surface area contributed by atoms with E-state index in [1.807, 2.05) is 30.3 Å². The summed E-state index contributed by atoms with van der Waals surface area (Å²) >= 11 is 0. The van der Waals surface area contributed by atoms with Gasteiger partial charge in [0.1, 0.15) is 0 Å². The Bertz CT molecular complexity index is 330. The first-order valence-electron chi connectivity index (χ1n) is 4.71. The maximum atomic E-state index is 10.7. The zero-order valence-electron chi connectivity index (χ0n) is 8.59. The Kier molecular flexibility index (Phi) is 4.57. The lowest BCUT2D eigenvalue weighted by atomic mass is 10.1. The van der Waals surface area contributed by atoms with Gasteiger partial charge in [-0.25, -0.2) is 4.79 Å². The van der Waals surface area contributed by atoms with Gasteiger partial charge >= 0.3 is 5.97 Å². The van der Waals surface area contributed by atoms with Crippen LogP contribution in [-0.2, 0) is 9.53 Å². The molecule has 0 aliphatic heterocycles. The van der Waals surface area contributed by atoms with Crippen molar-refractivity contribution in [3.8, 4) is 0 Å². The van der Waals surface area contributed by atoms with E-state index in [-0.39, 0.29) is 0 Å². The van der Waals surface area contributed by atoms with Crippen molar-refractivity contribution in [3.63, 3.8) is 0 Å². The molecular weight excluding hydrogens is 192 g/mol. The number of ether oxygens (including phenoxy) is 1. The molecule has 3 heteroatoms. The normalized spacial score (nSPS) is 12.7. The molecule has 1 aromatic carbocycles. The lowest BCUT2D eigenvalue weighted by molar-refractivity contribution is -0.134. The van der Waals surface area contributed by atoms with E-state index >= 15 is 0 Å². The summed E-state index contributed by atoms with van der Waals surface area (Å²) in [5.74, 6) is -0.407. The Labute approximate surface area is 89.0 Å². The summed E-state index contributed by atoms with van der Waals surface area (Å²) in [6.45, 7) is 0. The fraction of sp³-hybridized carbons (Fsp3) is 0.250. The average molecular weight is 206 g/mol. The van der Waals surface area contributed by atoms with Crippen molar-refractivity contribution in [1.82, 2.24) is 0 Å². The first kappa shape index (κ1) is 11.5. The van der Waals surface area contributed by atoms with E-state index in [1.165, 1.54) is 13.2 Å². The quantitative estimate of drug-likeness (QED) is 0.604. The smallest absolute Gasteiger partial charge is 0.330 e. The molecular formula is C12H14O3. The molecule has 0 aromatic heterocycles. The Morgan fingerprint density at radius 3 is 2.73 bits per heavy atom. The third-order valence-corrected chi connectivity index (χ3v) is 2.00. The van der Waals surface area contributed by atoms with Gasteiger partial charge in [0.05, 0.1) is 13.2 Å². The molecule has 1 aromatic rings. The molecule has 0 saturated carbocycles. The van der Waals surface area contributed by atoms with Crippen LogP contribution in [0.4, 0.5) is 0 Å². The number of esters is 1. The third kappa shape index (κ3) is 3.95. The number of methoxy groups -OCH3 is 1. The summed E-state index contributed by atoms with van der Waals surface area (Å²) in [6.07, 6.45) is 2.74. The van der Waals surface area contributed by atoms with Crippen molar-refractivity contribution in [2.45, 2.75) is 12.5 Å². The predicted octanol–water partition coefficient (Wildman–Crippen LogP) is 1.84. The summed E-state index contributed by atoms with van der Waals surface area (Å²) in [5, 5.41) is 9.70. The van der Waals surface area contributed by atoms with Gasteiger partial charge in [-0.2, -0.15) is 0 Å².